The molecule has 0 aliphatic carbocycles. The Morgan fingerprint density at radius 3 is 2.62 bits per heavy atom. The first kappa shape index (κ1) is 17.7. The molecule has 2 aromatic rings. The molecule has 0 unspecified atom stereocenters. The molecule has 1 amide bonds. The molecule has 24 heavy (non-hydrogen) atoms. The van der Waals surface area contributed by atoms with Crippen LogP contribution in [0.3, 0.4) is 0 Å². The van der Waals surface area contributed by atoms with Crippen LogP contribution < -0.4 is 5.32 Å². The molecule has 0 atom stereocenters. The Morgan fingerprint density at radius 1 is 1.25 bits per heavy atom. The third kappa shape index (κ3) is 5.24. The molecule has 0 aliphatic heterocycles. The summed E-state index contributed by atoms with van der Waals surface area (Å²) in [4.78, 5) is 22.8. The number of phenolic OH excluding ortho intramolecular Hbond substituents is 1. The smallest absolute Gasteiger partial charge is 0.270 e. The Hall–Kier alpha value is -2.61. The Bertz CT molecular complexity index is 737. The molecule has 2 N–H and O–H groups in total. The van der Waals surface area contributed by atoms with E-state index in [1.54, 1.807) is 12.1 Å². The number of hydrogen-bond acceptors (Lipinski definition) is 5. The number of halogens is 1. The number of carbonyl (C=O) groups is 1. The van der Waals surface area contributed by atoms with Crippen molar-refractivity contribution in [2.75, 3.05) is 5.75 Å². The SMILES string of the molecule is O=C(CCSc1ccc(F)cc1)NCc1cc([N+](=O)[O-])ccc1O. The van der Waals surface area contributed by atoms with Crippen molar-refractivity contribution in [1.29, 1.82) is 0 Å². The number of carbonyl (C=O) groups excluding carboxylic acids is 1. The number of phenols is 1. The van der Waals surface area contributed by atoms with Gasteiger partial charge in [-0.3, -0.25) is 14.9 Å². The fraction of sp³-hybridized carbons (Fsp3) is 0.188. The molecular weight excluding hydrogens is 335 g/mol. The van der Waals surface area contributed by atoms with Gasteiger partial charge in [0.15, 0.2) is 0 Å². The monoisotopic (exact) mass is 350 g/mol. The first-order valence-corrected chi connectivity index (χ1v) is 8.05. The molecule has 0 radical (unpaired) electrons. The van der Waals surface area contributed by atoms with E-state index in [-0.39, 0.29) is 41.7 Å². The zero-order valence-electron chi connectivity index (χ0n) is 12.6. The molecule has 0 saturated carbocycles. The van der Waals surface area contributed by atoms with E-state index in [4.69, 9.17) is 0 Å². The summed E-state index contributed by atoms with van der Waals surface area (Å²) >= 11 is 1.42. The average Bonchev–Trinajstić information content (AvgIpc) is 2.55. The fourth-order valence-corrected chi connectivity index (χ4v) is 2.75. The van der Waals surface area contributed by atoms with Gasteiger partial charge in [-0.1, -0.05) is 0 Å². The molecule has 0 saturated heterocycles. The summed E-state index contributed by atoms with van der Waals surface area (Å²) in [6.45, 7) is 0.00750. The number of benzene rings is 2. The first-order chi connectivity index (χ1) is 11.5. The maximum atomic E-state index is 12.8. The highest BCUT2D eigenvalue weighted by molar-refractivity contribution is 7.99. The number of non-ortho nitro benzene ring substituents is 1. The molecule has 2 rings (SSSR count). The largest absolute Gasteiger partial charge is 0.508 e. The van der Waals surface area contributed by atoms with Crippen molar-refractivity contribution in [3.8, 4) is 5.75 Å². The Kier molecular flexibility index (Phi) is 6.14. The highest BCUT2D eigenvalue weighted by Gasteiger charge is 2.11. The van der Waals surface area contributed by atoms with Crippen LogP contribution in [-0.2, 0) is 11.3 Å². The van der Waals surface area contributed by atoms with E-state index < -0.39 is 4.92 Å². The molecule has 0 spiro atoms. The number of nitro groups is 1. The fourth-order valence-electron chi connectivity index (χ4n) is 1.90. The number of nitrogens with one attached hydrogen (secondary N) is 1. The van der Waals surface area contributed by atoms with E-state index in [1.165, 1.54) is 42.1 Å². The molecular formula is C16H15FN2O4S. The van der Waals surface area contributed by atoms with E-state index in [2.05, 4.69) is 5.32 Å². The first-order valence-electron chi connectivity index (χ1n) is 7.07. The van der Waals surface area contributed by atoms with Gasteiger partial charge in [-0.2, -0.15) is 0 Å². The number of hydrogen-bond donors (Lipinski definition) is 2. The van der Waals surface area contributed by atoms with E-state index >= 15 is 0 Å². The van der Waals surface area contributed by atoms with Crippen molar-refractivity contribution < 1.29 is 19.2 Å². The summed E-state index contributed by atoms with van der Waals surface area (Å²) < 4.78 is 12.8. The zero-order chi connectivity index (χ0) is 17.5. The summed E-state index contributed by atoms with van der Waals surface area (Å²) in [5, 5.41) is 23.0. The normalized spacial score (nSPS) is 10.4. The minimum Gasteiger partial charge on any atom is -0.508 e. The second-order valence-corrected chi connectivity index (χ2v) is 6.07. The van der Waals surface area contributed by atoms with Crippen molar-refractivity contribution in [1.82, 2.24) is 5.32 Å². The third-order valence-electron chi connectivity index (χ3n) is 3.16. The summed E-state index contributed by atoms with van der Waals surface area (Å²) in [5.41, 5.74) is 0.132. The van der Waals surface area contributed by atoms with Crippen LogP contribution in [0.15, 0.2) is 47.4 Å². The molecule has 0 aromatic heterocycles. The van der Waals surface area contributed by atoms with Gasteiger partial charge in [0, 0.05) is 41.3 Å². The van der Waals surface area contributed by atoms with Crippen molar-refractivity contribution in [3.05, 3.63) is 64.0 Å². The van der Waals surface area contributed by atoms with Crippen molar-refractivity contribution in [2.24, 2.45) is 0 Å². The van der Waals surface area contributed by atoms with Crippen LogP contribution >= 0.6 is 11.8 Å². The minimum atomic E-state index is -0.565. The van der Waals surface area contributed by atoms with Gasteiger partial charge in [0.2, 0.25) is 5.91 Å². The molecule has 0 aliphatic rings. The number of rotatable bonds is 7. The van der Waals surface area contributed by atoms with Crippen LogP contribution in [-0.4, -0.2) is 21.7 Å². The highest BCUT2D eigenvalue weighted by atomic mass is 32.2. The second kappa shape index (κ2) is 8.30. The van der Waals surface area contributed by atoms with Gasteiger partial charge in [0.25, 0.3) is 5.69 Å². The maximum Gasteiger partial charge on any atom is 0.270 e. The number of nitrogens with zero attached hydrogens (tertiary/aromatic N) is 1. The number of amides is 1. The second-order valence-electron chi connectivity index (χ2n) is 4.90. The number of aromatic hydroxyl groups is 1. The zero-order valence-corrected chi connectivity index (χ0v) is 13.4. The van der Waals surface area contributed by atoms with Gasteiger partial charge in [0.05, 0.1) is 4.92 Å². The van der Waals surface area contributed by atoms with Crippen LogP contribution in [0, 0.1) is 15.9 Å². The predicted molar refractivity (Wildman–Crippen MR) is 88.3 cm³/mol. The van der Waals surface area contributed by atoms with E-state index in [0.29, 0.717) is 5.75 Å². The number of thioether (sulfide) groups is 1. The van der Waals surface area contributed by atoms with Gasteiger partial charge < -0.3 is 10.4 Å². The Morgan fingerprint density at radius 2 is 1.96 bits per heavy atom. The van der Waals surface area contributed by atoms with Crippen LogP contribution in [0.1, 0.15) is 12.0 Å². The molecule has 6 nitrogen and oxygen atoms in total. The van der Waals surface area contributed by atoms with Crippen molar-refractivity contribution in [2.45, 2.75) is 17.9 Å². The third-order valence-corrected chi connectivity index (χ3v) is 4.18. The average molecular weight is 350 g/mol. The lowest BCUT2D eigenvalue weighted by molar-refractivity contribution is -0.384. The Balaban J connectivity index is 1.80. The molecule has 2 aromatic carbocycles. The van der Waals surface area contributed by atoms with Gasteiger partial charge in [-0.05, 0) is 30.3 Å². The van der Waals surface area contributed by atoms with Crippen molar-refractivity contribution in [3.63, 3.8) is 0 Å². The van der Waals surface area contributed by atoms with E-state index in [9.17, 15) is 24.4 Å². The maximum absolute atomic E-state index is 12.8. The summed E-state index contributed by atoms with van der Waals surface area (Å²) in [6.07, 6.45) is 0.234. The molecule has 126 valence electrons. The van der Waals surface area contributed by atoms with Gasteiger partial charge in [0.1, 0.15) is 11.6 Å². The standard InChI is InChI=1S/C16H15FN2O4S/c17-12-1-4-14(5-2-12)24-8-7-16(21)18-10-11-9-13(19(22)23)3-6-15(11)20/h1-6,9,20H,7-8,10H2,(H,18,21). The summed E-state index contributed by atoms with van der Waals surface area (Å²) in [7, 11) is 0. The lowest BCUT2D eigenvalue weighted by Crippen LogP contribution is -2.23. The van der Waals surface area contributed by atoms with Crippen molar-refractivity contribution >= 4 is 23.4 Å². The van der Waals surface area contributed by atoms with Gasteiger partial charge in [-0.25, -0.2) is 4.39 Å². The quantitative estimate of drug-likeness (QED) is 0.454. The lowest BCUT2D eigenvalue weighted by atomic mass is 10.1. The highest BCUT2D eigenvalue weighted by Crippen LogP contribution is 2.23. The van der Waals surface area contributed by atoms with Crippen LogP contribution in [0.5, 0.6) is 5.75 Å². The topological polar surface area (TPSA) is 92.5 Å². The van der Waals surface area contributed by atoms with Gasteiger partial charge in [-0.15, -0.1) is 11.8 Å². The Labute approximate surface area is 141 Å². The number of nitro benzene ring substituents is 1. The van der Waals surface area contributed by atoms with E-state index in [0.717, 1.165) is 4.90 Å². The van der Waals surface area contributed by atoms with Crippen LogP contribution in [0.2, 0.25) is 0 Å². The molecule has 0 heterocycles. The summed E-state index contributed by atoms with van der Waals surface area (Å²) in [5.74, 6) is -0.149. The predicted octanol–water partition coefficient (Wildman–Crippen LogP) is 3.24. The minimum absolute atomic E-state index is 0.00750. The summed E-state index contributed by atoms with van der Waals surface area (Å²) in [6, 6.07) is 9.63. The molecule has 0 fully saturated rings. The van der Waals surface area contributed by atoms with Gasteiger partial charge >= 0.3 is 0 Å². The van der Waals surface area contributed by atoms with E-state index in [1.807, 2.05) is 0 Å². The van der Waals surface area contributed by atoms with Crippen LogP contribution in [0.4, 0.5) is 10.1 Å². The molecule has 0 bridgehead atoms. The lowest BCUT2D eigenvalue weighted by Gasteiger charge is -2.07. The van der Waals surface area contributed by atoms with Crippen LogP contribution in [0.25, 0.3) is 0 Å². The molecule has 8 heteroatoms.